The van der Waals surface area contributed by atoms with Crippen LogP contribution in [0.25, 0.3) is 10.1 Å². The van der Waals surface area contributed by atoms with Crippen molar-refractivity contribution in [3.63, 3.8) is 0 Å². The molecule has 0 fully saturated rings. The van der Waals surface area contributed by atoms with E-state index in [1.807, 2.05) is 11.8 Å². The molecule has 0 saturated carbocycles. The average molecular weight is 335 g/mol. The molecule has 2 aromatic carbocycles. The highest BCUT2D eigenvalue weighted by atomic mass is 79.9. The van der Waals surface area contributed by atoms with Crippen LogP contribution in [0.5, 0.6) is 0 Å². The van der Waals surface area contributed by atoms with E-state index in [-0.39, 0.29) is 0 Å². The third kappa shape index (κ3) is 2.63. The Kier molecular flexibility index (Phi) is 3.73. The van der Waals surface area contributed by atoms with Crippen molar-refractivity contribution < 1.29 is 0 Å². The maximum absolute atomic E-state index is 3.66. The summed E-state index contributed by atoms with van der Waals surface area (Å²) in [5, 5.41) is 3.46. The summed E-state index contributed by atoms with van der Waals surface area (Å²) in [5.41, 5.74) is 1.36. The molecular weight excluding hydrogens is 324 g/mol. The molecule has 0 unspecified atom stereocenters. The van der Waals surface area contributed by atoms with Crippen LogP contribution in [0.1, 0.15) is 5.56 Å². The van der Waals surface area contributed by atoms with Crippen LogP contribution in [0.4, 0.5) is 0 Å². The van der Waals surface area contributed by atoms with Crippen LogP contribution in [-0.4, -0.2) is 0 Å². The second-order valence-corrected chi connectivity index (χ2v) is 6.83. The molecule has 0 N–H and O–H groups in total. The molecular formula is C15H11BrS2. The molecule has 0 atom stereocenters. The van der Waals surface area contributed by atoms with E-state index in [9.17, 15) is 0 Å². The molecule has 0 bridgehead atoms. The van der Waals surface area contributed by atoms with E-state index < -0.39 is 0 Å². The molecule has 0 aliphatic heterocycles. The molecule has 0 spiro atoms. The highest BCUT2D eigenvalue weighted by Gasteiger charge is 2.04. The number of rotatable bonds is 3. The Morgan fingerprint density at radius 3 is 2.72 bits per heavy atom. The number of benzene rings is 2. The average Bonchev–Trinajstić information content (AvgIpc) is 2.84. The Hall–Kier alpha value is -0.770. The normalized spacial score (nSPS) is 10.9. The SMILES string of the molecule is Brc1cc2ccsc2cc1SCc1ccccc1. The predicted molar refractivity (Wildman–Crippen MR) is 85.5 cm³/mol. The Balaban J connectivity index is 1.84. The van der Waals surface area contributed by atoms with Gasteiger partial charge < -0.3 is 0 Å². The highest BCUT2D eigenvalue weighted by molar-refractivity contribution is 9.10. The molecule has 18 heavy (non-hydrogen) atoms. The molecule has 1 heterocycles. The van der Waals surface area contributed by atoms with Crippen molar-refractivity contribution in [3.8, 4) is 0 Å². The largest absolute Gasteiger partial charge is 0.144 e. The zero-order valence-corrected chi connectivity index (χ0v) is 12.8. The van der Waals surface area contributed by atoms with Gasteiger partial charge in [-0.3, -0.25) is 0 Å². The second-order valence-electron chi connectivity index (χ2n) is 4.02. The first-order chi connectivity index (χ1) is 8.83. The standard InChI is InChI=1S/C15H11BrS2/c16-13-8-12-6-7-17-14(12)9-15(13)18-10-11-4-2-1-3-5-11/h1-9H,10H2. The lowest BCUT2D eigenvalue weighted by Gasteiger charge is -2.05. The van der Waals surface area contributed by atoms with Crippen molar-refractivity contribution in [3.05, 3.63) is 63.9 Å². The van der Waals surface area contributed by atoms with Gasteiger partial charge in [-0.2, -0.15) is 0 Å². The number of thiophene rings is 1. The van der Waals surface area contributed by atoms with E-state index in [1.165, 1.54) is 25.0 Å². The molecule has 0 aliphatic rings. The number of thioether (sulfide) groups is 1. The van der Waals surface area contributed by atoms with Crippen LogP contribution in [0.3, 0.4) is 0 Å². The van der Waals surface area contributed by atoms with Gasteiger partial charge in [0.25, 0.3) is 0 Å². The summed E-state index contributed by atoms with van der Waals surface area (Å²) in [4.78, 5) is 1.31. The topological polar surface area (TPSA) is 0 Å². The van der Waals surface area contributed by atoms with Gasteiger partial charge in [-0.25, -0.2) is 0 Å². The number of hydrogen-bond donors (Lipinski definition) is 0. The maximum atomic E-state index is 3.66. The van der Waals surface area contributed by atoms with Crippen molar-refractivity contribution >= 4 is 49.1 Å². The van der Waals surface area contributed by atoms with Crippen molar-refractivity contribution in [2.24, 2.45) is 0 Å². The van der Waals surface area contributed by atoms with Crippen molar-refractivity contribution in [2.75, 3.05) is 0 Å². The molecule has 3 heteroatoms. The number of fused-ring (bicyclic) bond motifs is 1. The number of halogens is 1. The van der Waals surface area contributed by atoms with Gasteiger partial charge >= 0.3 is 0 Å². The zero-order chi connectivity index (χ0) is 12.4. The summed E-state index contributed by atoms with van der Waals surface area (Å²) in [7, 11) is 0. The minimum atomic E-state index is 1.01. The van der Waals surface area contributed by atoms with Gasteiger partial charge in [-0.15, -0.1) is 23.1 Å². The van der Waals surface area contributed by atoms with Gasteiger partial charge in [0.2, 0.25) is 0 Å². The monoisotopic (exact) mass is 334 g/mol. The van der Waals surface area contributed by atoms with Gasteiger partial charge in [0.05, 0.1) is 0 Å². The first-order valence-corrected chi connectivity index (χ1v) is 8.32. The summed E-state index contributed by atoms with van der Waals surface area (Å²) in [5.74, 6) is 1.01. The summed E-state index contributed by atoms with van der Waals surface area (Å²) < 4.78 is 2.54. The highest BCUT2D eigenvalue weighted by Crippen LogP contribution is 2.35. The van der Waals surface area contributed by atoms with E-state index >= 15 is 0 Å². The van der Waals surface area contributed by atoms with Crippen molar-refractivity contribution in [1.29, 1.82) is 0 Å². The van der Waals surface area contributed by atoms with E-state index in [2.05, 4.69) is 69.8 Å². The minimum absolute atomic E-state index is 1.01. The molecule has 0 saturated heterocycles. The van der Waals surface area contributed by atoms with E-state index in [0.717, 1.165) is 5.75 Å². The number of hydrogen-bond acceptors (Lipinski definition) is 2. The van der Waals surface area contributed by atoms with Crippen LogP contribution in [0, 0.1) is 0 Å². The lowest BCUT2D eigenvalue weighted by Crippen LogP contribution is -1.80. The Bertz CT molecular complexity index is 659. The van der Waals surface area contributed by atoms with E-state index in [4.69, 9.17) is 0 Å². The fourth-order valence-electron chi connectivity index (χ4n) is 1.81. The molecule has 1 aromatic heterocycles. The quantitative estimate of drug-likeness (QED) is 0.533. The third-order valence-corrected chi connectivity index (χ3v) is 5.67. The molecule has 90 valence electrons. The smallest absolute Gasteiger partial charge is 0.0354 e. The lowest BCUT2D eigenvalue weighted by atomic mass is 10.2. The Labute approximate surface area is 123 Å². The molecule has 0 aliphatic carbocycles. The summed E-state index contributed by atoms with van der Waals surface area (Å²) in [6, 6.07) is 17.2. The van der Waals surface area contributed by atoms with Gasteiger partial charge in [-0.1, -0.05) is 30.3 Å². The van der Waals surface area contributed by atoms with Crippen molar-refractivity contribution in [2.45, 2.75) is 10.6 Å². The summed E-state index contributed by atoms with van der Waals surface area (Å²) in [6.07, 6.45) is 0. The first kappa shape index (κ1) is 12.3. The first-order valence-electron chi connectivity index (χ1n) is 5.66. The van der Waals surface area contributed by atoms with E-state index in [0.29, 0.717) is 0 Å². The molecule has 0 nitrogen and oxygen atoms in total. The zero-order valence-electron chi connectivity index (χ0n) is 9.60. The lowest BCUT2D eigenvalue weighted by molar-refractivity contribution is 1.38. The molecule has 3 rings (SSSR count). The molecule has 3 aromatic rings. The van der Waals surface area contributed by atoms with Gasteiger partial charge in [0.15, 0.2) is 0 Å². The third-order valence-electron chi connectivity index (χ3n) is 2.74. The summed E-state index contributed by atoms with van der Waals surface area (Å²) in [6.45, 7) is 0. The fraction of sp³-hybridized carbons (Fsp3) is 0.0667. The minimum Gasteiger partial charge on any atom is -0.144 e. The molecule has 0 radical (unpaired) electrons. The molecule has 0 amide bonds. The van der Waals surface area contributed by atoms with E-state index in [1.54, 1.807) is 11.3 Å². The van der Waals surface area contributed by atoms with Crippen LogP contribution < -0.4 is 0 Å². The van der Waals surface area contributed by atoms with Crippen LogP contribution in [0.2, 0.25) is 0 Å². The van der Waals surface area contributed by atoms with Crippen LogP contribution in [0.15, 0.2) is 63.3 Å². The second kappa shape index (κ2) is 5.47. The van der Waals surface area contributed by atoms with Crippen LogP contribution >= 0.6 is 39.0 Å². The van der Waals surface area contributed by atoms with Gasteiger partial charge in [-0.05, 0) is 50.5 Å². The maximum Gasteiger partial charge on any atom is 0.0354 e. The van der Waals surface area contributed by atoms with Crippen molar-refractivity contribution in [1.82, 2.24) is 0 Å². The van der Waals surface area contributed by atoms with Crippen LogP contribution in [-0.2, 0) is 5.75 Å². The Morgan fingerprint density at radius 2 is 1.89 bits per heavy atom. The predicted octanol–water partition coefficient (Wildman–Crippen LogP) is 5.96. The fourth-order valence-corrected chi connectivity index (χ4v) is 4.31. The summed E-state index contributed by atoms with van der Waals surface area (Å²) >= 11 is 7.34. The Morgan fingerprint density at radius 1 is 1.06 bits per heavy atom. The van der Waals surface area contributed by atoms with Gasteiger partial charge in [0, 0.05) is 19.8 Å². The van der Waals surface area contributed by atoms with Gasteiger partial charge in [0.1, 0.15) is 0 Å².